The van der Waals surface area contributed by atoms with E-state index in [4.69, 9.17) is 4.74 Å². The van der Waals surface area contributed by atoms with Crippen LogP contribution in [0.25, 0.3) is 0 Å². The summed E-state index contributed by atoms with van der Waals surface area (Å²) >= 11 is 0. The van der Waals surface area contributed by atoms with E-state index in [1.165, 1.54) is 6.92 Å². The summed E-state index contributed by atoms with van der Waals surface area (Å²) in [5.41, 5.74) is 2.23. The highest BCUT2D eigenvalue weighted by molar-refractivity contribution is 5.94. The van der Waals surface area contributed by atoms with Crippen LogP contribution in [0, 0.1) is 10.1 Å². The number of aryl methyl sites for hydroxylation is 1. The van der Waals surface area contributed by atoms with Crippen LogP contribution in [0.5, 0.6) is 0 Å². The van der Waals surface area contributed by atoms with Crippen molar-refractivity contribution in [3.8, 4) is 0 Å². The molecule has 5 heteroatoms. The van der Waals surface area contributed by atoms with Crippen molar-refractivity contribution >= 4 is 5.97 Å². The highest BCUT2D eigenvalue weighted by atomic mass is 16.6. The number of nitro groups is 1. The molecule has 0 bridgehead atoms. The molecule has 2 atom stereocenters. The number of ether oxygens (including phenoxy) is 1. The van der Waals surface area contributed by atoms with E-state index in [1.807, 2.05) is 12.1 Å². The number of fused-ring (bicyclic) bond motifs is 1. The molecule has 0 aromatic heterocycles. The van der Waals surface area contributed by atoms with Crippen LogP contribution in [0.15, 0.2) is 18.2 Å². The second-order valence-corrected chi connectivity index (χ2v) is 5.23. The molecule has 108 valence electrons. The van der Waals surface area contributed by atoms with Crippen molar-refractivity contribution in [2.45, 2.75) is 51.7 Å². The Morgan fingerprint density at radius 3 is 2.80 bits per heavy atom. The smallest absolute Gasteiger partial charge is 0.339 e. The van der Waals surface area contributed by atoms with Crippen LogP contribution < -0.4 is 0 Å². The lowest BCUT2D eigenvalue weighted by Gasteiger charge is -2.12. The highest BCUT2D eigenvalue weighted by Crippen LogP contribution is 2.34. The topological polar surface area (TPSA) is 69.4 Å². The maximum absolute atomic E-state index is 11.7. The van der Waals surface area contributed by atoms with Gasteiger partial charge in [0.15, 0.2) is 6.10 Å². The van der Waals surface area contributed by atoms with Gasteiger partial charge in [0.25, 0.3) is 6.04 Å². The van der Waals surface area contributed by atoms with Crippen LogP contribution in [0.4, 0.5) is 0 Å². The fourth-order valence-corrected chi connectivity index (χ4v) is 2.48. The van der Waals surface area contributed by atoms with Gasteiger partial charge >= 0.3 is 5.97 Å². The fourth-order valence-electron chi connectivity index (χ4n) is 2.48. The molecule has 1 heterocycles. The first-order valence-corrected chi connectivity index (χ1v) is 7.02. The Balaban J connectivity index is 2.23. The van der Waals surface area contributed by atoms with Crippen LogP contribution in [-0.2, 0) is 11.2 Å². The molecule has 0 radical (unpaired) electrons. The van der Waals surface area contributed by atoms with Crippen LogP contribution in [0.1, 0.15) is 60.7 Å². The molecule has 20 heavy (non-hydrogen) atoms. The number of hydrogen-bond acceptors (Lipinski definition) is 4. The molecule has 2 rings (SSSR count). The first-order valence-electron chi connectivity index (χ1n) is 7.02. The Morgan fingerprint density at radius 2 is 2.15 bits per heavy atom. The molecule has 1 aliphatic rings. The van der Waals surface area contributed by atoms with Crippen molar-refractivity contribution < 1.29 is 14.5 Å². The summed E-state index contributed by atoms with van der Waals surface area (Å²) in [6.07, 6.45) is 3.54. The van der Waals surface area contributed by atoms with Crippen molar-refractivity contribution in [3.63, 3.8) is 0 Å². The van der Waals surface area contributed by atoms with Crippen molar-refractivity contribution in [1.82, 2.24) is 0 Å². The Kier molecular flexibility index (Phi) is 4.37. The summed E-state index contributed by atoms with van der Waals surface area (Å²) in [5.74, 6) is -0.459. The fraction of sp³-hybridized carbons (Fsp3) is 0.533. The molecular weight excluding hydrogens is 258 g/mol. The number of carbonyl (C=O) groups is 1. The molecule has 2 unspecified atom stereocenters. The van der Waals surface area contributed by atoms with Gasteiger partial charge in [-0.05, 0) is 24.5 Å². The van der Waals surface area contributed by atoms with Gasteiger partial charge in [0.2, 0.25) is 0 Å². The first kappa shape index (κ1) is 14.5. The largest absolute Gasteiger partial charge is 0.446 e. The predicted octanol–water partition coefficient (Wildman–Crippen LogP) is 3.30. The van der Waals surface area contributed by atoms with E-state index in [2.05, 4.69) is 6.92 Å². The number of hydrogen-bond donors (Lipinski definition) is 0. The SMILES string of the molecule is CCCCCc1ccc2c(c1)C(C(C)[N+](=O)[O-])OC2=O. The third-order valence-electron chi connectivity index (χ3n) is 3.72. The van der Waals surface area contributed by atoms with Crippen molar-refractivity contribution in [3.05, 3.63) is 45.0 Å². The summed E-state index contributed by atoms with van der Waals surface area (Å²) in [6, 6.07) is 4.60. The molecule has 0 saturated heterocycles. The third kappa shape index (κ3) is 2.81. The molecule has 0 fully saturated rings. The Morgan fingerprint density at radius 1 is 1.40 bits per heavy atom. The molecule has 1 aromatic carbocycles. The molecule has 0 aliphatic carbocycles. The molecule has 1 aromatic rings. The van der Waals surface area contributed by atoms with Gasteiger partial charge in [0, 0.05) is 17.4 Å². The van der Waals surface area contributed by atoms with Crippen molar-refractivity contribution in [2.75, 3.05) is 0 Å². The Labute approximate surface area is 118 Å². The predicted molar refractivity (Wildman–Crippen MR) is 74.3 cm³/mol. The van der Waals surface area contributed by atoms with Crippen LogP contribution in [0.2, 0.25) is 0 Å². The number of cyclic esters (lactones) is 1. The molecule has 0 amide bonds. The normalized spacial score (nSPS) is 18.5. The van der Waals surface area contributed by atoms with E-state index in [0.717, 1.165) is 31.2 Å². The molecular formula is C15H19NO4. The lowest BCUT2D eigenvalue weighted by Crippen LogP contribution is -2.24. The first-order chi connectivity index (χ1) is 9.54. The van der Waals surface area contributed by atoms with E-state index in [0.29, 0.717) is 11.1 Å². The molecule has 0 N–H and O–H groups in total. The second-order valence-electron chi connectivity index (χ2n) is 5.23. The zero-order valence-electron chi connectivity index (χ0n) is 11.8. The van der Waals surface area contributed by atoms with Crippen LogP contribution in [0.3, 0.4) is 0 Å². The summed E-state index contributed by atoms with van der Waals surface area (Å²) in [7, 11) is 0. The van der Waals surface area contributed by atoms with Gasteiger partial charge in [-0.25, -0.2) is 4.79 Å². The van der Waals surface area contributed by atoms with Crippen molar-refractivity contribution in [1.29, 1.82) is 0 Å². The van der Waals surface area contributed by atoms with Crippen LogP contribution in [-0.4, -0.2) is 16.9 Å². The molecule has 1 aliphatic heterocycles. The average Bonchev–Trinajstić information content (AvgIpc) is 2.75. The zero-order chi connectivity index (χ0) is 14.7. The summed E-state index contributed by atoms with van der Waals surface area (Å²) < 4.78 is 5.15. The number of esters is 1. The molecule has 0 saturated carbocycles. The van der Waals surface area contributed by atoms with Gasteiger partial charge in [-0.2, -0.15) is 0 Å². The van der Waals surface area contributed by atoms with Gasteiger partial charge in [0.1, 0.15) is 0 Å². The lowest BCUT2D eigenvalue weighted by molar-refractivity contribution is -0.530. The van der Waals surface area contributed by atoms with Gasteiger partial charge in [-0.1, -0.05) is 31.9 Å². The van der Waals surface area contributed by atoms with Crippen LogP contribution >= 0.6 is 0 Å². The summed E-state index contributed by atoms with van der Waals surface area (Å²) in [5, 5.41) is 10.9. The van der Waals surface area contributed by atoms with Crippen molar-refractivity contribution in [2.24, 2.45) is 0 Å². The van der Waals surface area contributed by atoms with Gasteiger partial charge < -0.3 is 4.74 Å². The highest BCUT2D eigenvalue weighted by Gasteiger charge is 2.40. The number of benzene rings is 1. The minimum Gasteiger partial charge on any atom is -0.446 e. The van der Waals surface area contributed by atoms with E-state index in [1.54, 1.807) is 6.07 Å². The van der Waals surface area contributed by atoms with E-state index in [-0.39, 0.29) is 0 Å². The Bertz CT molecular complexity index is 527. The monoisotopic (exact) mass is 277 g/mol. The number of rotatable bonds is 6. The minimum atomic E-state index is -0.925. The average molecular weight is 277 g/mol. The van der Waals surface area contributed by atoms with E-state index < -0.39 is 23.0 Å². The van der Waals surface area contributed by atoms with Gasteiger partial charge in [-0.15, -0.1) is 0 Å². The van der Waals surface area contributed by atoms with E-state index >= 15 is 0 Å². The Hall–Kier alpha value is -1.91. The zero-order valence-corrected chi connectivity index (χ0v) is 11.8. The molecule has 5 nitrogen and oxygen atoms in total. The lowest BCUT2D eigenvalue weighted by atomic mass is 9.96. The van der Waals surface area contributed by atoms with E-state index in [9.17, 15) is 14.9 Å². The summed E-state index contributed by atoms with van der Waals surface area (Å²) in [6.45, 7) is 3.61. The number of carbonyl (C=O) groups excluding carboxylic acids is 1. The quantitative estimate of drug-likeness (QED) is 0.346. The number of unbranched alkanes of at least 4 members (excludes halogenated alkanes) is 2. The van der Waals surface area contributed by atoms with Gasteiger partial charge in [-0.3, -0.25) is 10.1 Å². The maximum Gasteiger partial charge on any atom is 0.339 e. The number of nitrogens with zero attached hydrogens (tertiary/aromatic N) is 1. The molecule has 0 spiro atoms. The van der Waals surface area contributed by atoms with Gasteiger partial charge in [0.05, 0.1) is 5.56 Å². The standard InChI is InChI=1S/C15H19NO4/c1-3-4-5-6-11-7-8-12-13(9-11)14(20-15(12)17)10(2)16(18)19/h7-10,14H,3-6H2,1-2H3. The third-order valence-corrected chi connectivity index (χ3v) is 3.72. The second kappa shape index (κ2) is 6.03. The summed E-state index contributed by atoms with van der Waals surface area (Å²) in [4.78, 5) is 22.2. The maximum atomic E-state index is 11.7. The minimum absolute atomic E-state index is 0.406.